The summed E-state index contributed by atoms with van der Waals surface area (Å²) in [7, 11) is 0. The van der Waals surface area contributed by atoms with Crippen molar-refractivity contribution in [2.75, 3.05) is 73.6 Å². The van der Waals surface area contributed by atoms with E-state index in [4.69, 9.17) is 25.8 Å². The predicted octanol–water partition coefficient (Wildman–Crippen LogP) is 2.85. The number of nitrogens with one attached hydrogen (secondary N) is 1. The van der Waals surface area contributed by atoms with Crippen molar-refractivity contribution in [1.29, 1.82) is 0 Å². The summed E-state index contributed by atoms with van der Waals surface area (Å²) in [6, 6.07) is 10.6. The van der Waals surface area contributed by atoms with Gasteiger partial charge >= 0.3 is 23.9 Å². The monoisotopic (exact) mass is 667 g/mol. The van der Waals surface area contributed by atoms with E-state index in [1.54, 1.807) is 12.1 Å². The molecule has 0 radical (unpaired) electrons. The number of hydrogen-bond donors (Lipinski definition) is 5. The van der Waals surface area contributed by atoms with Gasteiger partial charge in [-0.15, -0.1) is 11.6 Å². The molecule has 0 aliphatic heterocycles. The number of para-hydroxylation sites is 2. The second kappa shape index (κ2) is 20.3. The Kier molecular flexibility index (Phi) is 16.5. The summed E-state index contributed by atoms with van der Waals surface area (Å²) in [5.74, 6) is -4.64. The van der Waals surface area contributed by atoms with E-state index in [9.17, 15) is 44.4 Å². The minimum absolute atomic E-state index is 0.0808. The van der Waals surface area contributed by atoms with Crippen LogP contribution in [0.5, 0.6) is 11.5 Å². The van der Waals surface area contributed by atoms with E-state index >= 15 is 0 Å². The van der Waals surface area contributed by atoms with Gasteiger partial charge in [-0.05, 0) is 43.2 Å². The van der Waals surface area contributed by atoms with Crippen molar-refractivity contribution in [3.8, 4) is 11.5 Å². The number of halogens is 1. The Bertz CT molecular complexity index is 1290. The van der Waals surface area contributed by atoms with Gasteiger partial charge in [-0.2, -0.15) is 0 Å². The molecule has 16 heteroatoms. The third-order valence-corrected chi connectivity index (χ3v) is 6.36. The SMILES string of the molecule is O=C(O)CN(CC(=O)O)c1ccccc1OCCOc1ccc(NC(=O)COCCCCCCCl)cc1N(CC(=O)O)CC(=O)O. The summed E-state index contributed by atoms with van der Waals surface area (Å²) >= 11 is 5.65. The van der Waals surface area contributed by atoms with Crippen LogP contribution in [-0.4, -0.2) is 109 Å². The molecular formula is C30H38ClN3O12. The van der Waals surface area contributed by atoms with Crippen LogP contribution in [0.15, 0.2) is 42.5 Å². The fraction of sp³-hybridized carbons (Fsp3) is 0.433. The lowest BCUT2D eigenvalue weighted by Gasteiger charge is -2.25. The summed E-state index contributed by atoms with van der Waals surface area (Å²) in [4.78, 5) is 60.3. The van der Waals surface area contributed by atoms with E-state index in [2.05, 4.69) is 5.32 Å². The first-order chi connectivity index (χ1) is 22.0. The van der Waals surface area contributed by atoms with Gasteiger partial charge in [-0.1, -0.05) is 25.0 Å². The Morgan fingerprint density at radius 3 is 1.74 bits per heavy atom. The molecule has 0 aliphatic rings. The highest BCUT2D eigenvalue weighted by Crippen LogP contribution is 2.32. The van der Waals surface area contributed by atoms with Crippen LogP contribution in [0.4, 0.5) is 17.1 Å². The van der Waals surface area contributed by atoms with E-state index in [-0.39, 0.29) is 48.4 Å². The highest BCUT2D eigenvalue weighted by molar-refractivity contribution is 6.17. The zero-order chi connectivity index (χ0) is 33.9. The van der Waals surface area contributed by atoms with E-state index in [0.717, 1.165) is 35.5 Å². The summed E-state index contributed by atoms with van der Waals surface area (Å²) in [5, 5.41) is 39.9. The molecule has 252 valence electrons. The first-order valence-electron chi connectivity index (χ1n) is 14.3. The van der Waals surface area contributed by atoms with Crippen molar-refractivity contribution in [3.05, 3.63) is 42.5 Å². The smallest absolute Gasteiger partial charge is 0.323 e. The second-order valence-corrected chi connectivity index (χ2v) is 10.2. The molecule has 15 nitrogen and oxygen atoms in total. The summed E-state index contributed by atoms with van der Waals surface area (Å²) in [6.07, 6.45) is 3.58. The normalized spacial score (nSPS) is 10.5. The third-order valence-electron chi connectivity index (χ3n) is 6.10. The fourth-order valence-corrected chi connectivity index (χ4v) is 4.42. The van der Waals surface area contributed by atoms with Crippen molar-refractivity contribution in [2.24, 2.45) is 0 Å². The molecule has 2 aromatic rings. The fourth-order valence-electron chi connectivity index (χ4n) is 4.23. The van der Waals surface area contributed by atoms with Crippen LogP contribution in [0.25, 0.3) is 0 Å². The number of ether oxygens (including phenoxy) is 3. The minimum Gasteiger partial charge on any atom is -0.488 e. The van der Waals surface area contributed by atoms with E-state index in [1.165, 1.54) is 30.3 Å². The number of anilines is 3. The number of benzene rings is 2. The Hall–Kier alpha value is -4.76. The molecule has 0 atom stereocenters. The molecule has 0 unspecified atom stereocenters. The highest BCUT2D eigenvalue weighted by Gasteiger charge is 2.21. The molecule has 0 spiro atoms. The number of amides is 1. The largest absolute Gasteiger partial charge is 0.488 e. The number of carboxylic acids is 4. The van der Waals surface area contributed by atoms with E-state index in [1.807, 2.05) is 0 Å². The molecule has 0 heterocycles. The Labute approximate surface area is 270 Å². The average molecular weight is 668 g/mol. The molecule has 2 aromatic carbocycles. The van der Waals surface area contributed by atoms with Crippen molar-refractivity contribution in [2.45, 2.75) is 25.7 Å². The van der Waals surface area contributed by atoms with Crippen LogP contribution in [0.3, 0.4) is 0 Å². The minimum atomic E-state index is -1.30. The number of carbonyl (C=O) groups excluding carboxylic acids is 1. The molecule has 0 bridgehead atoms. The molecule has 0 aliphatic carbocycles. The van der Waals surface area contributed by atoms with Gasteiger partial charge in [-0.25, -0.2) is 0 Å². The molecule has 0 aromatic heterocycles. The maximum atomic E-state index is 12.4. The lowest BCUT2D eigenvalue weighted by Crippen LogP contribution is -2.35. The topological polar surface area (TPSA) is 212 Å². The van der Waals surface area contributed by atoms with Crippen LogP contribution < -0.4 is 24.6 Å². The molecule has 0 saturated carbocycles. The van der Waals surface area contributed by atoms with Gasteiger partial charge in [0, 0.05) is 18.2 Å². The average Bonchev–Trinajstić information content (AvgIpc) is 2.98. The first-order valence-corrected chi connectivity index (χ1v) is 14.8. The number of rotatable bonds is 24. The van der Waals surface area contributed by atoms with Crippen molar-refractivity contribution < 1.29 is 58.6 Å². The molecule has 1 amide bonds. The summed E-state index contributed by atoms with van der Waals surface area (Å²) in [6.45, 7) is -2.59. The van der Waals surface area contributed by atoms with Gasteiger partial charge in [0.25, 0.3) is 0 Å². The van der Waals surface area contributed by atoms with Crippen molar-refractivity contribution in [1.82, 2.24) is 0 Å². The zero-order valence-electron chi connectivity index (χ0n) is 25.1. The number of alkyl halides is 1. The number of unbranched alkanes of at least 4 members (excludes halogenated alkanes) is 3. The van der Waals surface area contributed by atoms with Crippen LogP contribution in [-0.2, 0) is 28.7 Å². The molecule has 46 heavy (non-hydrogen) atoms. The molecule has 2 rings (SSSR count). The quantitative estimate of drug-likeness (QED) is 0.0805. The van der Waals surface area contributed by atoms with Crippen molar-refractivity contribution in [3.63, 3.8) is 0 Å². The Balaban J connectivity index is 2.15. The second-order valence-electron chi connectivity index (χ2n) is 9.84. The maximum Gasteiger partial charge on any atom is 0.323 e. The van der Waals surface area contributed by atoms with Gasteiger partial charge in [0.2, 0.25) is 5.91 Å². The van der Waals surface area contributed by atoms with Gasteiger partial charge in [-0.3, -0.25) is 24.0 Å². The summed E-state index contributed by atoms with van der Waals surface area (Å²) < 4.78 is 17.0. The molecule has 5 N–H and O–H groups in total. The van der Waals surface area contributed by atoms with Crippen LogP contribution >= 0.6 is 11.6 Å². The lowest BCUT2D eigenvalue weighted by atomic mass is 10.2. The standard InChI is InChI=1S/C30H38ClN3O12/c31-11-5-1-2-6-12-44-20-26(35)32-21-9-10-25(23(15-21)34(18-29(40)41)19-30(42)43)46-14-13-45-24-8-4-3-7-22(24)33(16-27(36)37)17-28(38)39/h3-4,7-10,15H,1-2,5-6,11-14,16-20H2,(H,32,35)(H,36,37)(H,38,39)(H,40,41)(H,42,43). The van der Waals surface area contributed by atoms with Gasteiger partial charge in [0.05, 0.1) is 11.4 Å². The van der Waals surface area contributed by atoms with E-state index < -0.39 is 56.0 Å². The highest BCUT2D eigenvalue weighted by atomic mass is 35.5. The van der Waals surface area contributed by atoms with Gasteiger partial charge in [0.15, 0.2) is 0 Å². The van der Waals surface area contributed by atoms with Crippen LogP contribution in [0.2, 0.25) is 0 Å². The summed E-state index contributed by atoms with van der Waals surface area (Å²) in [5.41, 5.74) is 0.566. The molecule has 0 fully saturated rings. The van der Waals surface area contributed by atoms with Crippen LogP contribution in [0, 0.1) is 0 Å². The molecular weight excluding hydrogens is 630 g/mol. The number of carbonyl (C=O) groups is 5. The van der Waals surface area contributed by atoms with Crippen molar-refractivity contribution >= 4 is 58.4 Å². The third kappa shape index (κ3) is 14.3. The Morgan fingerprint density at radius 2 is 1.17 bits per heavy atom. The molecule has 0 saturated heterocycles. The maximum absolute atomic E-state index is 12.4. The number of nitrogens with zero attached hydrogens (tertiary/aromatic N) is 2. The Morgan fingerprint density at radius 1 is 0.652 bits per heavy atom. The predicted molar refractivity (Wildman–Crippen MR) is 167 cm³/mol. The first kappa shape index (κ1) is 37.4. The number of carboxylic acid groups (broad SMARTS) is 4. The van der Waals surface area contributed by atoms with Gasteiger partial charge < -0.3 is 49.8 Å². The van der Waals surface area contributed by atoms with E-state index in [0.29, 0.717) is 12.5 Å². The van der Waals surface area contributed by atoms with Crippen LogP contribution in [0.1, 0.15) is 25.7 Å². The van der Waals surface area contributed by atoms with Gasteiger partial charge in [0.1, 0.15) is 57.5 Å². The zero-order valence-corrected chi connectivity index (χ0v) is 25.8. The number of hydrogen-bond acceptors (Lipinski definition) is 10. The number of aliphatic carboxylic acids is 4. The lowest BCUT2D eigenvalue weighted by molar-refractivity contribution is -0.138.